The van der Waals surface area contributed by atoms with Gasteiger partial charge in [0.2, 0.25) is 0 Å². The average molecular weight is 317 g/mol. The lowest BCUT2D eigenvalue weighted by Gasteiger charge is -2.03. The minimum atomic E-state index is -1.01. The Morgan fingerprint density at radius 3 is 2.73 bits per heavy atom. The quantitative estimate of drug-likeness (QED) is 0.793. The molecule has 4 nitrogen and oxygen atoms in total. The van der Waals surface area contributed by atoms with Crippen molar-refractivity contribution in [2.24, 2.45) is 0 Å². The molecule has 6 heteroatoms. The van der Waals surface area contributed by atoms with E-state index < -0.39 is 11.8 Å². The predicted octanol–water partition coefficient (Wildman–Crippen LogP) is 4.03. The van der Waals surface area contributed by atoms with Gasteiger partial charge in [0.05, 0.1) is 11.3 Å². The molecule has 22 heavy (non-hydrogen) atoms. The van der Waals surface area contributed by atoms with E-state index in [0.29, 0.717) is 16.3 Å². The fraction of sp³-hybridized carbons (Fsp3) is 0. The number of carboxylic acids is 1. The standard InChI is InChI=1S/C16H10ClFN2O2/c17-12-4-5-15(13(18)9-12)20-7-6-14(19-20)10-2-1-3-11(8-10)16(21)22/h1-9H,(H,21,22). The van der Waals surface area contributed by atoms with Gasteiger partial charge in [-0.3, -0.25) is 0 Å². The van der Waals surface area contributed by atoms with Gasteiger partial charge in [-0.2, -0.15) is 5.10 Å². The number of carboxylic acid groups (broad SMARTS) is 1. The molecule has 1 aromatic heterocycles. The molecule has 0 atom stereocenters. The highest BCUT2D eigenvalue weighted by molar-refractivity contribution is 6.30. The van der Waals surface area contributed by atoms with Crippen LogP contribution in [0.1, 0.15) is 10.4 Å². The summed E-state index contributed by atoms with van der Waals surface area (Å²) in [6, 6.07) is 12.4. The van der Waals surface area contributed by atoms with Crippen molar-refractivity contribution >= 4 is 17.6 Å². The van der Waals surface area contributed by atoms with Crippen LogP contribution in [0.5, 0.6) is 0 Å². The highest BCUT2D eigenvalue weighted by Crippen LogP contribution is 2.22. The zero-order valence-electron chi connectivity index (χ0n) is 11.2. The number of aromatic nitrogens is 2. The summed E-state index contributed by atoms with van der Waals surface area (Å²) in [5, 5.41) is 13.6. The Labute approximate surface area is 130 Å². The van der Waals surface area contributed by atoms with Crippen LogP contribution in [0.4, 0.5) is 4.39 Å². The molecule has 3 aromatic rings. The molecule has 0 aliphatic heterocycles. The molecule has 0 saturated heterocycles. The van der Waals surface area contributed by atoms with E-state index in [-0.39, 0.29) is 11.3 Å². The van der Waals surface area contributed by atoms with Crippen LogP contribution in [0.25, 0.3) is 16.9 Å². The van der Waals surface area contributed by atoms with Crippen molar-refractivity contribution in [1.29, 1.82) is 0 Å². The molecule has 0 aliphatic carbocycles. The van der Waals surface area contributed by atoms with Crippen molar-refractivity contribution in [2.45, 2.75) is 0 Å². The first-order valence-corrected chi connectivity index (χ1v) is 6.77. The molecular formula is C16H10ClFN2O2. The van der Waals surface area contributed by atoms with E-state index in [1.165, 1.54) is 28.9 Å². The maximum atomic E-state index is 13.9. The van der Waals surface area contributed by atoms with Gasteiger partial charge in [-0.1, -0.05) is 23.7 Å². The van der Waals surface area contributed by atoms with E-state index in [9.17, 15) is 9.18 Å². The maximum Gasteiger partial charge on any atom is 0.335 e. The Bertz CT molecular complexity index is 861. The molecule has 3 rings (SSSR count). The van der Waals surface area contributed by atoms with Crippen molar-refractivity contribution in [3.05, 3.63) is 71.1 Å². The van der Waals surface area contributed by atoms with E-state index in [1.807, 2.05) is 0 Å². The molecule has 0 aliphatic rings. The largest absolute Gasteiger partial charge is 0.478 e. The lowest BCUT2D eigenvalue weighted by Crippen LogP contribution is -1.99. The van der Waals surface area contributed by atoms with Crippen molar-refractivity contribution in [3.63, 3.8) is 0 Å². The number of rotatable bonds is 3. The van der Waals surface area contributed by atoms with E-state index in [2.05, 4.69) is 5.10 Å². The fourth-order valence-corrected chi connectivity index (χ4v) is 2.25. The third kappa shape index (κ3) is 2.71. The number of halogens is 2. The van der Waals surface area contributed by atoms with Crippen LogP contribution in [0, 0.1) is 5.82 Å². The number of benzene rings is 2. The molecule has 0 spiro atoms. The summed E-state index contributed by atoms with van der Waals surface area (Å²) in [6.45, 7) is 0. The topological polar surface area (TPSA) is 55.1 Å². The Hall–Kier alpha value is -2.66. The lowest BCUT2D eigenvalue weighted by atomic mass is 10.1. The number of hydrogen-bond donors (Lipinski definition) is 1. The van der Waals surface area contributed by atoms with Gasteiger partial charge in [-0.25, -0.2) is 13.9 Å². The SMILES string of the molecule is O=C(O)c1cccc(-c2ccn(-c3ccc(Cl)cc3F)n2)c1. The van der Waals surface area contributed by atoms with Gasteiger partial charge in [-0.15, -0.1) is 0 Å². The molecular weight excluding hydrogens is 307 g/mol. The van der Waals surface area contributed by atoms with Gasteiger partial charge in [0.1, 0.15) is 11.5 Å². The van der Waals surface area contributed by atoms with Gasteiger partial charge >= 0.3 is 5.97 Å². The smallest absolute Gasteiger partial charge is 0.335 e. The monoisotopic (exact) mass is 316 g/mol. The molecule has 0 bridgehead atoms. The summed E-state index contributed by atoms with van der Waals surface area (Å²) < 4.78 is 15.3. The predicted molar refractivity (Wildman–Crippen MR) is 80.9 cm³/mol. The molecule has 1 heterocycles. The summed E-state index contributed by atoms with van der Waals surface area (Å²) in [4.78, 5) is 11.0. The highest BCUT2D eigenvalue weighted by atomic mass is 35.5. The molecule has 110 valence electrons. The second-order valence-electron chi connectivity index (χ2n) is 4.63. The van der Waals surface area contributed by atoms with Crippen LogP contribution < -0.4 is 0 Å². The van der Waals surface area contributed by atoms with E-state index in [4.69, 9.17) is 16.7 Å². The summed E-state index contributed by atoms with van der Waals surface area (Å²) in [6.07, 6.45) is 1.61. The zero-order chi connectivity index (χ0) is 15.7. The summed E-state index contributed by atoms with van der Waals surface area (Å²) in [7, 11) is 0. The maximum absolute atomic E-state index is 13.9. The number of aromatic carboxylic acids is 1. The second kappa shape index (κ2) is 5.61. The summed E-state index contributed by atoms with van der Waals surface area (Å²) >= 11 is 5.73. The first-order valence-electron chi connectivity index (χ1n) is 6.39. The summed E-state index contributed by atoms with van der Waals surface area (Å²) in [5.74, 6) is -1.49. The molecule has 0 amide bonds. The van der Waals surface area contributed by atoms with Gasteiger partial charge in [0.25, 0.3) is 0 Å². The average Bonchev–Trinajstić information content (AvgIpc) is 2.97. The van der Waals surface area contributed by atoms with E-state index >= 15 is 0 Å². The lowest BCUT2D eigenvalue weighted by molar-refractivity contribution is 0.0697. The van der Waals surface area contributed by atoms with Crippen LogP contribution in [0.3, 0.4) is 0 Å². The van der Waals surface area contributed by atoms with Gasteiger partial charge in [0, 0.05) is 16.8 Å². The molecule has 0 saturated carbocycles. The first-order chi connectivity index (χ1) is 10.5. The van der Waals surface area contributed by atoms with Crippen molar-refractivity contribution < 1.29 is 14.3 Å². The number of carbonyl (C=O) groups is 1. The Kier molecular flexibility index (Phi) is 3.65. The normalized spacial score (nSPS) is 10.6. The number of nitrogens with zero attached hydrogens (tertiary/aromatic N) is 2. The second-order valence-corrected chi connectivity index (χ2v) is 5.06. The molecule has 0 fully saturated rings. The van der Waals surface area contributed by atoms with Crippen LogP contribution in [0.15, 0.2) is 54.7 Å². The fourth-order valence-electron chi connectivity index (χ4n) is 2.09. The van der Waals surface area contributed by atoms with Gasteiger partial charge in [-0.05, 0) is 36.4 Å². The van der Waals surface area contributed by atoms with Crippen molar-refractivity contribution in [1.82, 2.24) is 9.78 Å². The molecule has 0 unspecified atom stereocenters. The Morgan fingerprint density at radius 1 is 1.18 bits per heavy atom. The zero-order valence-corrected chi connectivity index (χ0v) is 12.0. The Balaban J connectivity index is 2.00. The Morgan fingerprint density at radius 2 is 2.00 bits per heavy atom. The minimum absolute atomic E-state index is 0.171. The van der Waals surface area contributed by atoms with E-state index in [1.54, 1.807) is 30.5 Å². The number of hydrogen-bond acceptors (Lipinski definition) is 2. The van der Waals surface area contributed by atoms with E-state index in [0.717, 1.165) is 0 Å². The highest BCUT2D eigenvalue weighted by Gasteiger charge is 2.10. The first kappa shape index (κ1) is 14.3. The third-order valence-corrected chi connectivity index (χ3v) is 3.39. The molecule has 2 aromatic carbocycles. The van der Waals surface area contributed by atoms with Crippen LogP contribution in [-0.4, -0.2) is 20.9 Å². The van der Waals surface area contributed by atoms with Crippen molar-refractivity contribution in [3.8, 4) is 16.9 Å². The van der Waals surface area contributed by atoms with Crippen molar-refractivity contribution in [2.75, 3.05) is 0 Å². The van der Waals surface area contributed by atoms with Gasteiger partial charge in [0.15, 0.2) is 0 Å². The van der Waals surface area contributed by atoms with Crippen LogP contribution in [0.2, 0.25) is 5.02 Å². The molecule has 0 radical (unpaired) electrons. The van der Waals surface area contributed by atoms with Crippen LogP contribution >= 0.6 is 11.6 Å². The third-order valence-electron chi connectivity index (χ3n) is 3.15. The minimum Gasteiger partial charge on any atom is -0.478 e. The summed E-state index contributed by atoms with van der Waals surface area (Å²) in [5.41, 5.74) is 1.64. The molecule has 1 N–H and O–H groups in total. The van der Waals surface area contributed by atoms with Crippen LogP contribution in [-0.2, 0) is 0 Å². The van der Waals surface area contributed by atoms with Gasteiger partial charge < -0.3 is 5.11 Å².